The van der Waals surface area contributed by atoms with Gasteiger partial charge in [0.1, 0.15) is 11.9 Å². The summed E-state index contributed by atoms with van der Waals surface area (Å²) in [4.78, 5) is 56.8. The molecule has 4 atom stereocenters. The Morgan fingerprint density at radius 3 is 2.26 bits per heavy atom. The van der Waals surface area contributed by atoms with Crippen LogP contribution in [0.1, 0.15) is 68.8 Å². The number of phenolic OH excluding ortho intramolecular Hbond substituents is 1. The number of aromatic hydroxyl groups is 1. The van der Waals surface area contributed by atoms with Gasteiger partial charge in [0.15, 0.2) is 0 Å². The number of rotatable bonds is 11. The summed E-state index contributed by atoms with van der Waals surface area (Å²) in [5.41, 5.74) is 11.8. The highest BCUT2D eigenvalue weighted by Gasteiger charge is 2.46. The van der Waals surface area contributed by atoms with Gasteiger partial charge in [0, 0.05) is 12.1 Å². The molecule has 1 unspecified atom stereocenters. The Morgan fingerprint density at radius 1 is 1.00 bits per heavy atom. The summed E-state index contributed by atoms with van der Waals surface area (Å²) in [5, 5.41) is 27.3. The molecule has 1 fully saturated rings. The molecular weight excluding hydrogens is 586 g/mol. The highest BCUT2D eigenvalue weighted by Crippen LogP contribution is 2.31. The van der Waals surface area contributed by atoms with Crippen LogP contribution in [0, 0.1) is 0 Å². The van der Waals surface area contributed by atoms with Crippen molar-refractivity contribution in [1.82, 2.24) is 15.1 Å². The van der Waals surface area contributed by atoms with Gasteiger partial charge in [0.2, 0.25) is 17.7 Å². The van der Waals surface area contributed by atoms with Crippen molar-refractivity contribution in [2.75, 3.05) is 6.54 Å². The molecule has 1 aliphatic heterocycles. The van der Waals surface area contributed by atoms with Crippen molar-refractivity contribution < 1.29 is 29.4 Å². The van der Waals surface area contributed by atoms with Gasteiger partial charge in [-0.15, -0.1) is 0 Å². The number of aliphatic hydroxyl groups excluding tert-OH is 1. The van der Waals surface area contributed by atoms with E-state index in [1.807, 2.05) is 51.1 Å². The summed E-state index contributed by atoms with van der Waals surface area (Å²) >= 11 is 0. The fourth-order valence-corrected chi connectivity index (χ4v) is 6.02. The molecule has 1 saturated heterocycles. The van der Waals surface area contributed by atoms with Crippen LogP contribution < -0.4 is 16.8 Å². The second-order valence-corrected chi connectivity index (χ2v) is 13.0. The number of carbonyl (C=O) groups excluding carboxylic acids is 4. The molecule has 11 heteroatoms. The maximum atomic E-state index is 14.5. The third kappa shape index (κ3) is 8.48. The molecule has 0 aromatic heterocycles. The van der Waals surface area contributed by atoms with E-state index >= 15 is 0 Å². The zero-order valence-corrected chi connectivity index (χ0v) is 26.7. The third-order valence-corrected chi connectivity index (χ3v) is 8.15. The molecule has 0 bridgehead atoms. The van der Waals surface area contributed by atoms with Gasteiger partial charge in [-0.3, -0.25) is 29.0 Å². The van der Waals surface area contributed by atoms with Crippen LogP contribution in [0.25, 0.3) is 10.8 Å². The van der Waals surface area contributed by atoms with Gasteiger partial charge >= 0.3 is 0 Å². The van der Waals surface area contributed by atoms with Gasteiger partial charge in [0.05, 0.1) is 30.2 Å². The molecule has 0 spiro atoms. The largest absolute Gasteiger partial charge is 0.507 e. The van der Waals surface area contributed by atoms with Crippen LogP contribution in [0.2, 0.25) is 0 Å². The maximum Gasteiger partial charge on any atom is 0.265 e. The molecule has 246 valence electrons. The van der Waals surface area contributed by atoms with Crippen LogP contribution in [0.3, 0.4) is 0 Å². The molecule has 0 aliphatic carbocycles. The van der Waals surface area contributed by atoms with E-state index in [0.29, 0.717) is 36.6 Å². The van der Waals surface area contributed by atoms with Gasteiger partial charge in [-0.05, 0) is 74.9 Å². The lowest BCUT2D eigenvalue weighted by atomic mass is 9.95. The second kappa shape index (κ2) is 14.8. The number of nitrogens with one attached hydrogen (secondary N) is 1. The van der Waals surface area contributed by atoms with Crippen LogP contribution in [-0.2, 0) is 20.8 Å². The van der Waals surface area contributed by atoms with Crippen molar-refractivity contribution in [3.63, 3.8) is 0 Å². The number of hydrogen-bond acceptors (Lipinski definition) is 8. The van der Waals surface area contributed by atoms with E-state index in [1.165, 1.54) is 12.1 Å². The molecule has 4 amide bonds. The number of amides is 4. The van der Waals surface area contributed by atoms with Gasteiger partial charge in [-0.1, -0.05) is 61.0 Å². The summed E-state index contributed by atoms with van der Waals surface area (Å²) < 4.78 is 0. The van der Waals surface area contributed by atoms with Crippen LogP contribution in [0.4, 0.5) is 0 Å². The Morgan fingerprint density at radius 2 is 1.63 bits per heavy atom. The molecule has 1 heterocycles. The summed E-state index contributed by atoms with van der Waals surface area (Å²) in [6, 6.07) is 17.2. The van der Waals surface area contributed by atoms with Crippen molar-refractivity contribution in [2.24, 2.45) is 11.5 Å². The van der Waals surface area contributed by atoms with Gasteiger partial charge in [0.25, 0.3) is 5.91 Å². The quantitative estimate of drug-likeness (QED) is 0.214. The van der Waals surface area contributed by atoms with Crippen molar-refractivity contribution in [2.45, 2.75) is 89.2 Å². The fraction of sp³-hybridized carbons (Fsp3) is 0.429. The Hall–Kier alpha value is -4.32. The first-order valence-corrected chi connectivity index (χ1v) is 15.7. The Kier molecular flexibility index (Phi) is 11.2. The number of phenols is 1. The zero-order valence-electron chi connectivity index (χ0n) is 26.7. The smallest absolute Gasteiger partial charge is 0.265 e. The van der Waals surface area contributed by atoms with E-state index < -0.39 is 54.0 Å². The first-order valence-electron chi connectivity index (χ1n) is 15.7. The van der Waals surface area contributed by atoms with E-state index in [9.17, 15) is 29.4 Å². The molecule has 0 radical (unpaired) electrons. The number of piperidine rings is 1. The summed E-state index contributed by atoms with van der Waals surface area (Å²) in [6.45, 7) is 5.86. The third-order valence-electron chi connectivity index (χ3n) is 8.15. The Bertz CT molecular complexity index is 1560. The van der Waals surface area contributed by atoms with Crippen molar-refractivity contribution in [1.29, 1.82) is 0 Å². The van der Waals surface area contributed by atoms with E-state index in [4.69, 9.17) is 11.5 Å². The number of likely N-dealkylation sites (tertiary alicyclic amines) is 1. The standard InChI is InChI=1S/C35H45N5O6/c1-35(2,3)38-31(44)27-15-9-10-18-39(27)32(28(41)17-16-22-11-5-4-6-12-22)40(34(46)26(36)21-30(37)43)33(45)25-19-23-13-7-8-14-24(23)20-29(25)42/h4-8,11-14,19-20,26-28,32,41-42H,9-10,15-18,21,36H2,1-3H3,(H2,37,43)(H,38,44)/t26-,27-,28+,32?/m0/s1. The predicted octanol–water partition coefficient (Wildman–Crippen LogP) is 2.81. The fourth-order valence-electron chi connectivity index (χ4n) is 6.02. The number of aliphatic hydroxyl groups is 1. The Labute approximate surface area is 269 Å². The van der Waals surface area contributed by atoms with E-state index in [2.05, 4.69) is 5.32 Å². The minimum Gasteiger partial charge on any atom is -0.507 e. The van der Waals surface area contributed by atoms with Gasteiger partial charge in [-0.25, -0.2) is 0 Å². The Balaban J connectivity index is 1.85. The monoisotopic (exact) mass is 631 g/mol. The lowest BCUT2D eigenvalue weighted by Gasteiger charge is -2.47. The lowest BCUT2D eigenvalue weighted by Crippen LogP contribution is -2.67. The number of nitrogens with zero attached hydrogens (tertiary/aromatic N) is 2. The minimum atomic E-state index is -1.51. The molecule has 3 aromatic rings. The molecule has 1 aliphatic rings. The topological polar surface area (TPSA) is 179 Å². The average molecular weight is 632 g/mol. The number of imide groups is 1. The number of carbonyl (C=O) groups is 4. The van der Waals surface area contributed by atoms with Crippen molar-refractivity contribution >= 4 is 34.4 Å². The van der Waals surface area contributed by atoms with E-state index in [-0.39, 0.29) is 23.6 Å². The molecule has 11 nitrogen and oxygen atoms in total. The number of fused-ring (bicyclic) bond motifs is 1. The first-order chi connectivity index (χ1) is 21.8. The number of benzene rings is 3. The number of aryl methyl sites for hydroxylation is 1. The highest BCUT2D eigenvalue weighted by molar-refractivity contribution is 6.10. The van der Waals surface area contributed by atoms with Crippen molar-refractivity contribution in [3.05, 3.63) is 77.9 Å². The first kappa shape index (κ1) is 34.6. The minimum absolute atomic E-state index is 0.130. The second-order valence-electron chi connectivity index (χ2n) is 13.0. The zero-order chi connectivity index (χ0) is 33.6. The normalized spacial score (nSPS) is 17.5. The van der Waals surface area contributed by atoms with Crippen LogP contribution >= 0.6 is 0 Å². The summed E-state index contributed by atoms with van der Waals surface area (Å²) in [7, 11) is 0. The van der Waals surface area contributed by atoms with Gasteiger partial charge in [-0.2, -0.15) is 0 Å². The van der Waals surface area contributed by atoms with Crippen molar-refractivity contribution in [3.8, 4) is 5.75 Å². The molecule has 3 aromatic carbocycles. The number of hydrogen-bond donors (Lipinski definition) is 5. The number of nitrogens with two attached hydrogens (primary N) is 2. The summed E-state index contributed by atoms with van der Waals surface area (Å²) in [6.07, 6.45) is -0.905. The SMILES string of the molecule is CC(C)(C)NC(=O)[C@@H]1CCCCN1C([C@H](O)CCc1ccccc1)N(C(=O)c1cc2ccccc2cc1O)C(=O)[C@@H](N)CC(N)=O. The highest BCUT2D eigenvalue weighted by atomic mass is 16.3. The van der Waals surface area contributed by atoms with E-state index in [0.717, 1.165) is 16.9 Å². The summed E-state index contributed by atoms with van der Waals surface area (Å²) in [5.74, 6) is -3.40. The molecule has 0 saturated carbocycles. The molecular formula is C35H45N5O6. The van der Waals surface area contributed by atoms with E-state index in [1.54, 1.807) is 29.2 Å². The molecule has 4 rings (SSSR count). The molecule has 7 N–H and O–H groups in total. The molecule has 46 heavy (non-hydrogen) atoms. The maximum absolute atomic E-state index is 14.5. The van der Waals surface area contributed by atoms with Crippen LogP contribution in [0.5, 0.6) is 5.75 Å². The average Bonchev–Trinajstić information content (AvgIpc) is 3.01. The van der Waals surface area contributed by atoms with Crippen LogP contribution in [-0.4, -0.2) is 80.1 Å². The van der Waals surface area contributed by atoms with Crippen LogP contribution in [0.15, 0.2) is 66.7 Å². The predicted molar refractivity (Wildman–Crippen MR) is 175 cm³/mol. The lowest BCUT2D eigenvalue weighted by molar-refractivity contribution is -0.149. The number of primary amides is 1. The van der Waals surface area contributed by atoms with Gasteiger partial charge < -0.3 is 27.0 Å².